The molecule has 7 nitrogen and oxygen atoms in total. The number of rotatable bonds is 4. The molecule has 3 amide bonds. The van der Waals surface area contributed by atoms with E-state index in [1.165, 1.54) is 11.3 Å². The van der Waals surface area contributed by atoms with E-state index in [2.05, 4.69) is 16.2 Å². The van der Waals surface area contributed by atoms with Crippen LogP contribution in [0.4, 0.5) is 0 Å². The Balaban J connectivity index is 1.77. The van der Waals surface area contributed by atoms with Gasteiger partial charge < -0.3 is 9.73 Å². The van der Waals surface area contributed by atoms with Crippen LogP contribution >= 0.6 is 11.3 Å². The number of aryl methyl sites for hydroxylation is 2. The summed E-state index contributed by atoms with van der Waals surface area (Å²) >= 11 is 1.28. The maximum absolute atomic E-state index is 11.8. The summed E-state index contributed by atoms with van der Waals surface area (Å²) in [6, 6.07) is 4.98. The van der Waals surface area contributed by atoms with Gasteiger partial charge in [-0.3, -0.25) is 25.2 Å². The minimum atomic E-state index is -0.531. The molecule has 0 atom stereocenters. The molecule has 2 heterocycles. The Bertz CT molecular complexity index is 691. The van der Waals surface area contributed by atoms with E-state index in [1.807, 2.05) is 0 Å². The number of hydrogen-bond donors (Lipinski definition) is 3. The second-order valence-electron chi connectivity index (χ2n) is 4.49. The maximum atomic E-state index is 11.8. The van der Waals surface area contributed by atoms with Gasteiger partial charge in [-0.15, -0.1) is 11.3 Å². The molecular formula is C14H15N3O4S. The van der Waals surface area contributed by atoms with Crippen molar-refractivity contribution in [2.75, 3.05) is 6.54 Å². The fourth-order valence-electron chi connectivity index (χ4n) is 1.75. The third-order valence-electron chi connectivity index (χ3n) is 2.76. The number of thiophene rings is 1. The number of furan rings is 1. The number of carbonyl (C=O) groups is 3. The van der Waals surface area contributed by atoms with Crippen LogP contribution in [0.25, 0.3) is 0 Å². The molecule has 0 aliphatic rings. The van der Waals surface area contributed by atoms with E-state index in [0.29, 0.717) is 22.0 Å². The first kappa shape index (κ1) is 15.8. The summed E-state index contributed by atoms with van der Waals surface area (Å²) in [5.74, 6) is -0.270. The van der Waals surface area contributed by atoms with Crippen LogP contribution in [0.3, 0.4) is 0 Å². The summed E-state index contributed by atoms with van der Waals surface area (Å²) in [5.41, 5.74) is 4.84. The van der Waals surface area contributed by atoms with Crippen LogP contribution in [0.2, 0.25) is 0 Å². The van der Waals surface area contributed by atoms with Crippen molar-refractivity contribution in [1.29, 1.82) is 0 Å². The lowest BCUT2D eigenvalue weighted by atomic mass is 10.2. The molecule has 8 heteroatoms. The van der Waals surface area contributed by atoms with Crippen molar-refractivity contribution in [2.24, 2.45) is 0 Å². The van der Waals surface area contributed by atoms with E-state index in [9.17, 15) is 14.4 Å². The van der Waals surface area contributed by atoms with Crippen molar-refractivity contribution >= 4 is 29.1 Å². The van der Waals surface area contributed by atoms with Gasteiger partial charge in [0.2, 0.25) is 0 Å². The van der Waals surface area contributed by atoms with Crippen molar-refractivity contribution in [2.45, 2.75) is 13.8 Å². The normalized spacial score (nSPS) is 10.1. The van der Waals surface area contributed by atoms with Crippen LogP contribution in [0.5, 0.6) is 0 Å². The van der Waals surface area contributed by atoms with Crippen molar-refractivity contribution in [3.05, 3.63) is 45.5 Å². The van der Waals surface area contributed by atoms with E-state index in [4.69, 9.17) is 4.42 Å². The number of nitrogens with one attached hydrogen (secondary N) is 3. The fourth-order valence-corrected chi connectivity index (χ4v) is 2.39. The average Bonchev–Trinajstić information content (AvgIpc) is 3.11. The first-order valence-corrected chi connectivity index (χ1v) is 7.33. The molecule has 22 heavy (non-hydrogen) atoms. The number of carbonyl (C=O) groups excluding carboxylic acids is 3. The minimum absolute atomic E-state index is 0.236. The zero-order chi connectivity index (χ0) is 16.1. The molecule has 2 aromatic rings. The van der Waals surface area contributed by atoms with Gasteiger partial charge in [0, 0.05) is 0 Å². The van der Waals surface area contributed by atoms with Crippen molar-refractivity contribution in [3.63, 3.8) is 0 Å². The van der Waals surface area contributed by atoms with Gasteiger partial charge in [0.25, 0.3) is 17.7 Å². The van der Waals surface area contributed by atoms with Crippen LogP contribution in [-0.4, -0.2) is 24.3 Å². The van der Waals surface area contributed by atoms with Gasteiger partial charge in [-0.25, -0.2) is 0 Å². The molecule has 0 aliphatic carbocycles. The molecule has 0 aromatic carbocycles. The minimum Gasteiger partial charge on any atom is -0.466 e. The first-order valence-electron chi connectivity index (χ1n) is 6.45. The number of hydrazine groups is 1. The predicted octanol–water partition coefficient (Wildman–Crippen LogP) is 1.15. The Morgan fingerprint density at radius 1 is 1.18 bits per heavy atom. The molecular weight excluding hydrogens is 306 g/mol. The van der Waals surface area contributed by atoms with Gasteiger partial charge >= 0.3 is 0 Å². The SMILES string of the molecule is Cc1cc(C(=O)NNC(=O)CNC(=O)c2cccs2)c(C)o1. The molecule has 0 bridgehead atoms. The predicted molar refractivity (Wildman–Crippen MR) is 80.4 cm³/mol. The summed E-state index contributed by atoms with van der Waals surface area (Å²) in [7, 11) is 0. The molecule has 2 rings (SSSR count). The van der Waals surface area contributed by atoms with Gasteiger partial charge in [-0.05, 0) is 31.4 Å². The molecule has 0 saturated carbocycles. The average molecular weight is 321 g/mol. The Kier molecular flexibility index (Phi) is 4.95. The van der Waals surface area contributed by atoms with E-state index < -0.39 is 11.8 Å². The smallest absolute Gasteiger partial charge is 0.273 e. The van der Waals surface area contributed by atoms with Crippen molar-refractivity contribution < 1.29 is 18.8 Å². The van der Waals surface area contributed by atoms with Gasteiger partial charge in [-0.1, -0.05) is 6.07 Å². The highest BCUT2D eigenvalue weighted by atomic mass is 32.1. The Morgan fingerprint density at radius 3 is 2.55 bits per heavy atom. The third kappa shape index (κ3) is 3.95. The summed E-state index contributed by atoms with van der Waals surface area (Å²) in [4.78, 5) is 35.6. The van der Waals surface area contributed by atoms with Gasteiger partial charge in [-0.2, -0.15) is 0 Å². The van der Waals surface area contributed by atoms with Crippen molar-refractivity contribution in [1.82, 2.24) is 16.2 Å². The van der Waals surface area contributed by atoms with Gasteiger partial charge in [0.1, 0.15) is 11.5 Å². The highest BCUT2D eigenvalue weighted by Gasteiger charge is 2.14. The van der Waals surface area contributed by atoms with Gasteiger partial charge in [0.05, 0.1) is 17.0 Å². The second-order valence-corrected chi connectivity index (χ2v) is 5.44. The lowest BCUT2D eigenvalue weighted by Crippen LogP contribution is -2.46. The zero-order valence-corrected chi connectivity index (χ0v) is 12.9. The number of amides is 3. The van der Waals surface area contributed by atoms with Crippen LogP contribution < -0.4 is 16.2 Å². The third-order valence-corrected chi connectivity index (χ3v) is 3.62. The van der Waals surface area contributed by atoms with Gasteiger partial charge in [0.15, 0.2) is 0 Å². The molecule has 0 radical (unpaired) electrons. The summed E-state index contributed by atoms with van der Waals surface area (Å²) in [6.45, 7) is 3.15. The molecule has 0 unspecified atom stereocenters. The fraction of sp³-hybridized carbons (Fsp3) is 0.214. The highest BCUT2D eigenvalue weighted by Crippen LogP contribution is 2.12. The van der Waals surface area contributed by atoms with Crippen LogP contribution in [-0.2, 0) is 4.79 Å². The molecule has 0 saturated heterocycles. The lowest BCUT2D eigenvalue weighted by molar-refractivity contribution is -0.120. The first-order chi connectivity index (χ1) is 10.5. The number of hydrogen-bond acceptors (Lipinski definition) is 5. The summed E-state index contributed by atoms with van der Waals surface area (Å²) in [6.07, 6.45) is 0. The summed E-state index contributed by atoms with van der Waals surface area (Å²) < 4.78 is 5.23. The maximum Gasteiger partial charge on any atom is 0.273 e. The molecule has 3 N–H and O–H groups in total. The lowest BCUT2D eigenvalue weighted by Gasteiger charge is -2.07. The highest BCUT2D eigenvalue weighted by molar-refractivity contribution is 7.12. The monoisotopic (exact) mass is 321 g/mol. The van der Waals surface area contributed by atoms with Crippen LogP contribution in [0.15, 0.2) is 28.0 Å². The quantitative estimate of drug-likeness (QED) is 0.735. The standard InChI is InChI=1S/C14H15N3O4S/c1-8-6-10(9(2)21-8)13(19)17-16-12(18)7-15-14(20)11-4-3-5-22-11/h3-6H,7H2,1-2H3,(H,15,20)(H,16,18)(H,17,19). The zero-order valence-electron chi connectivity index (χ0n) is 12.1. The second kappa shape index (κ2) is 6.90. The van der Waals surface area contributed by atoms with E-state index >= 15 is 0 Å². The van der Waals surface area contributed by atoms with Crippen molar-refractivity contribution in [3.8, 4) is 0 Å². The Hall–Kier alpha value is -2.61. The van der Waals surface area contributed by atoms with Crippen LogP contribution in [0.1, 0.15) is 31.6 Å². The van der Waals surface area contributed by atoms with E-state index in [-0.39, 0.29) is 12.5 Å². The topological polar surface area (TPSA) is 100 Å². The van der Waals surface area contributed by atoms with E-state index in [1.54, 1.807) is 37.4 Å². The molecule has 116 valence electrons. The Labute approximate surface area is 130 Å². The molecule has 2 aromatic heterocycles. The van der Waals surface area contributed by atoms with E-state index in [0.717, 1.165) is 0 Å². The largest absolute Gasteiger partial charge is 0.466 e. The Morgan fingerprint density at radius 2 is 1.95 bits per heavy atom. The molecule has 0 aliphatic heterocycles. The summed E-state index contributed by atoms with van der Waals surface area (Å²) in [5, 5.41) is 4.22. The van der Waals surface area contributed by atoms with Crippen LogP contribution in [0, 0.1) is 13.8 Å². The molecule has 0 spiro atoms. The molecule has 0 fully saturated rings.